The molecule has 0 aliphatic carbocycles. The van der Waals surface area contributed by atoms with Gasteiger partial charge in [-0.15, -0.1) is 0 Å². The molecular weight excluding hydrogens is 366 g/mol. The highest BCUT2D eigenvalue weighted by atomic mass is 35.5. The monoisotopic (exact) mass is 377 g/mol. The molecule has 24 heavy (non-hydrogen) atoms. The lowest BCUT2D eigenvalue weighted by atomic mass is 10.2. The van der Waals surface area contributed by atoms with Crippen molar-refractivity contribution in [3.63, 3.8) is 0 Å². The Labute approximate surface area is 145 Å². The van der Waals surface area contributed by atoms with Gasteiger partial charge in [-0.1, -0.05) is 23.2 Å². The number of hydrogen-bond donors (Lipinski definition) is 1. The van der Waals surface area contributed by atoms with Crippen LogP contribution in [0.1, 0.15) is 17.0 Å². The van der Waals surface area contributed by atoms with Crippen LogP contribution in [0.25, 0.3) is 5.69 Å². The van der Waals surface area contributed by atoms with Crippen LogP contribution in [0.2, 0.25) is 10.0 Å². The minimum atomic E-state index is -4.98. The SMILES string of the molecule is Cc1cc(/C=N\NC(=O)C(F)(F)F)c(C)n1-c1cc(Cl)ccc1Cl. The molecule has 0 aliphatic rings. The summed E-state index contributed by atoms with van der Waals surface area (Å²) >= 11 is 12.2. The first-order valence-electron chi connectivity index (χ1n) is 6.66. The van der Waals surface area contributed by atoms with Gasteiger partial charge in [0.05, 0.1) is 16.9 Å². The third-order valence-corrected chi connectivity index (χ3v) is 3.80. The zero-order valence-electron chi connectivity index (χ0n) is 12.6. The zero-order valence-corrected chi connectivity index (χ0v) is 14.1. The molecule has 2 rings (SSSR count). The molecular formula is C15H12Cl2F3N3O. The van der Waals surface area contributed by atoms with Gasteiger partial charge < -0.3 is 4.57 Å². The van der Waals surface area contributed by atoms with Crippen LogP contribution in [-0.4, -0.2) is 22.9 Å². The van der Waals surface area contributed by atoms with Gasteiger partial charge in [0.25, 0.3) is 0 Å². The van der Waals surface area contributed by atoms with E-state index in [0.29, 0.717) is 27.0 Å². The molecule has 1 aromatic carbocycles. The Morgan fingerprint density at radius 2 is 1.92 bits per heavy atom. The molecule has 0 spiro atoms. The molecule has 0 saturated carbocycles. The second-order valence-electron chi connectivity index (χ2n) is 4.95. The third kappa shape index (κ3) is 3.91. The first-order chi connectivity index (χ1) is 11.1. The highest BCUT2D eigenvalue weighted by Gasteiger charge is 2.38. The maximum Gasteiger partial charge on any atom is 0.473 e. The molecule has 128 valence electrons. The lowest BCUT2D eigenvalue weighted by Gasteiger charge is -2.12. The maximum atomic E-state index is 12.1. The summed E-state index contributed by atoms with van der Waals surface area (Å²) in [5, 5.41) is 4.30. The number of carbonyl (C=O) groups is 1. The zero-order chi connectivity index (χ0) is 18.1. The first kappa shape index (κ1) is 18.4. The first-order valence-corrected chi connectivity index (χ1v) is 7.41. The summed E-state index contributed by atoms with van der Waals surface area (Å²) in [5.74, 6) is -2.13. The molecule has 0 unspecified atom stereocenters. The summed E-state index contributed by atoms with van der Waals surface area (Å²) in [5.41, 5.74) is 4.07. The van der Waals surface area contributed by atoms with Crippen molar-refractivity contribution in [1.82, 2.24) is 9.99 Å². The average Bonchev–Trinajstić information content (AvgIpc) is 2.75. The quantitative estimate of drug-likeness (QED) is 0.624. The molecule has 0 radical (unpaired) electrons. The molecule has 9 heteroatoms. The largest absolute Gasteiger partial charge is 0.473 e. The van der Waals surface area contributed by atoms with E-state index in [1.54, 1.807) is 42.7 Å². The molecule has 0 saturated heterocycles. The van der Waals surface area contributed by atoms with E-state index in [9.17, 15) is 18.0 Å². The molecule has 0 aliphatic heterocycles. The van der Waals surface area contributed by atoms with Gasteiger partial charge in [-0.3, -0.25) is 4.79 Å². The van der Waals surface area contributed by atoms with Gasteiger partial charge in [0.1, 0.15) is 0 Å². The summed E-state index contributed by atoms with van der Waals surface area (Å²) < 4.78 is 38.1. The van der Waals surface area contributed by atoms with Crippen molar-refractivity contribution in [3.05, 3.63) is 51.3 Å². The Morgan fingerprint density at radius 1 is 1.25 bits per heavy atom. The number of benzene rings is 1. The minimum absolute atomic E-state index is 0.468. The Bertz CT molecular complexity index is 813. The van der Waals surface area contributed by atoms with Crippen LogP contribution in [-0.2, 0) is 4.79 Å². The van der Waals surface area contributed by atoms with E-state index >= 15 is 0 Å². The number of halogens is 5. The van der Waals surface area contributed by atoms with Crippen molar-refractivity contribution < 1.29 is 18.0 Å². The Balaban J connectivity index is 2.33. The number of hydrogen-bond acceptors (Lipinski definition) is 2. The number of hydrazone groups is 1. The second-order valence-corrected chi connectivity index (χ2v) is 5.80. The molecule has 1 N–H and O–H groups in total. The average molecular weight is 378 g/mol. The highest BCUT2D eigenvalue weighted by Crippen LogP contribution is 2.28. The van der Waals surface area contributed by atoms with Crippen LogP contribution < -0.4 is 5.43 Å². The molecule has 0 bridgehead atoms. The third-order valence-electron chi connectivity index (χ3n) is 3.25. The van der Waals surface area contributed by atoms with Crippen molar-refractivity contribution in [3.8, 4) is 5.69 Å². The number of nitrogens with one attached hydrogen (secondary N) is 1. The van der Waals surface area contributed by atoms with E-state index in [2.05, 4.69) is 5.10 Å². The van der Waals surface area contributed by atoms with Crippen molar-refractivity contribution in [2.45, 2.75) is 20.0 Å². The smallest absolute Gasteiger partial charge is 0.316 e. The lowest BCUT2D eigenvalue weighted by Crippen LogP contribution is -2.33. The van der Waals surface area contributed by atoms with Crippen LogP contribution in [0, 0.1) is 13.8 Å². The fraction of sp³-hybridized carbons (Fsp3) is 0.200. The van der Waals surface area contributed by atoms with Gasteiger partial charge in [-0.2, -0.15) is 18.3 Å². The fourth-order valence-electron chi connectivity index (χ4n) is 2.17. The number of nitrogens with zero attached hydrogens (tertiary/aromatic N) is 2. The molecule has 0 atom stereocenters. The molecule has 2 aromatic rings. The topological polar surface area (TPSA) is 46.4 Å². The predicted octanol–water partition coefficient (Wildman–Crippen LogP) is 4.41. The fourth-order valence-corrected chi connectivity index (χ4v) is 2.54. The number of carbonyl (C=O) groups excluding carboxylic acids is 1. The van der Waals surface area contributed by atoms with Crippen molar-refractivity contribution >= 4 is 35.3 Å². The summed E-state index contributed by atoms with van der Waals surface area (Å²) in [7, 11) is 0. The summed E-state index contributed by atoms with van der Waals surface area (Å²) in [6, 6.07) is 6.68. The molecule has 1 aromatic heterocycles. The number of aromatic nitrogens is 1. The Kier molecular flexibility index (Phi) is 5.25. The van der Waals surface area contributed by atoms with Crippen molar-refractivity contribution in [1.29, 1.82) is 0 Å². The van der Waals surface area contributed by atoms with Gasteiger partial charge in [0.2, 0.25) is 0 Å². The minimum Gasteiger partial charge on any atom is -0.316 e. The van der Waals surface area contributed by atoms with E-state index in [1.165, 1.54) is 5.43 Å². The normalized spacial score (nSPS) is 12.0. The van der Waals surface area contributed by atoms with Crippen LogP contribution in [0.15, 0.2) is 29.4 Å². The summed E-state index contributed by atoms with van der Waals surface area (Å²) in [6.45, 7) is 3.55. The van der Waals surface area contributed by atoms with E-state index in [4.69, 9.17) is 23.2 Å². The van der Waals surface area contributed by atoms with E-state index in [1.807, 2.05) is 0 Å². The van der Waals surface area contributed by atoms with Crippen LogP contribution in [0.5, 0.6) is 0 Å². The number of rotatable bonds is 3. The van der Waals surface area contributed by atoms with E-state index in [-0.39, 0.29) is 0 Å². The van der Waals surface area contributed by atoms with E-state index < -0.39 is 12.1 Å². The van der Waals surface area contributed by atoms with Crippen molar-refractivity contribution in [2.24, 2.45) is 5.10 Å². The maximum absolute atomic E-state index is 12.1. The number of alkyl halides is 3. The van der Waals surface area contributed by atoms with Gasteiger partial charge in [0, 0.05) is 22.0 Å². The molecule has 1 heterocycles. The standard InChI is InChI=1S/C15H12Cl2F3N3O/c1-8-5-10(7-21-22-14(24)15(18,19)20)9(2)23(8)13-6-11(16)3-4-12(13)17/h3-7H,1-2H3,(H,22,24)/b21-7-. The number of aryl methyl sites for hydroxylation is 1. The summed E-state index contributed by atoms with van der Waals surface area (Å²) in [4.78, 5) is 10.7. The van der Waals surface area contributed by atoms with Gasteiger partial charge in [-0.25, -0.2) is 5.43 Å². The molecule has 0 fully saturated rings. The molecule has 1 amide bonds. The van der Waals surface area contributed by atoms with Gasteiger partial charge in [-0.05, 0) is 38.1 Å². The lowest BCUT2D eigenvalue weighted by molar-refractivity contribution is -0.173. The Hall–Kier alpha value is -1.99. The predicted molar refractivity (Wildman–Crippen MR) is 87.1 cm³/mol. The van der Waals surface area contributed by atoms with Crippen LogP contribution in [0.4, 0.5) is 13.2 Å². The second kappa shape index (κ2) is 6.86. The van der Waals surface area contributed by atoms with Crippen molar-refractivity contribution in [2.75, 3.05) is 0 Å². The highest BCUT2D eigenvalue weighted by molar-refractivity contribution is 6.34. The Morgan fingerprint density at radius 3 is 2.54 bits per heavy atom. The van der Waals surface area contributed by atoms with Crippen LogP contribution >= 0.6 is 23.2 Å². The number of amides is 1. The summed E-state index contributed by atoms with van der Waals surface area (Å²) in [6.07, 6.45) is -3.84. The van der Waals surface area contributed by atoms with Gasteiger partial charge in [0.15, 0.2) is 0 Å². The van der Waals surface area contributed by atoms with Crippen LogP contribution in [0.3, 0.4) is 0 Å². The molecule has 4 nitrogen and oxygen atoms in total. The van der Waals surface area contributed by atoms with E-state index in [0.717, 1.165) is 11.9 Å². The van der Waals surface area contributed by atoms with Gasteiger partial charge >= 0.3 is 12.1 Å².